The van der Waals surface area contributed by atoms with Gasteiger partial charge in [0.1, 0.15) is 5.56 Å². The van der Waals surface area contributed by atoms with Crippen LogP contribution in [0.25, 0.3) is 0 Å². The number of aromatic amines is 1. The molecule has 2 N–H and O–H groups in total. The fraction of sp³-hybridized carbons (Fsp3) is 0.200. The number of amides is 1. The molecule has 0 spiro atoms. The van der Waals surface area contributed by atoms with Gasteiger partial charge in [-0.25, -0.2) is 0 Å². The maximum atomic E-state index is 12.2. The molecular weight excluding hydrogens is 240 g/mol. The number of hydrogen-bond donors (Lipinski definition) is 2. The standard InChI is InChI=1S/C15H16N2O2/c1-9-5-4-6-12(11(9)3)17-15(19)13-10(2)7-8-16-14(13)18/h4-8H,1-3H3,(H,16,18)(H,17,19). The summed E-state index contributed by atoms with van der Waals surface area (Å²) in [6.45, 7) is 5.66. The van der Waals surface area contributed by atoms with Gasteiger partial charge in [-0.15, -0.1) is 0 Å². The van der Waals surface area contributed by atoms with Crippen molar-refractivity contribution >= 4 is 11.6 Å². The molecule has 0 unspecified atom stereocenters. The maximum Gasteiger partial charge on any atom is 0.261 e. The SMILES string of the molecule is Cc1cccc(NC(=O)c2c(C)cc[nH]c2=O)c1C. The molecule has 98 valence electrons. The van der Waals surface area contributed by atoms with E-state index in [1.54, 1.807) is 13.0 Å². The Balaban J connectivity index is 2.37. The predicted molar refractivity (Wildman–Crippen MR) is 75.7 cm³/mol. The number of carbonyl (C=O) groups is 1. The molecule has 0 saturated heterocycles. The number of anilines is 1. The summed E-state index contributed by atoms with van der Waals surface area (Å²) in [4.78, 5) is 26.4. The summed E-state index contributed by atoms with van der Waals surface area (Å²) in [5, 5.41) is 2.79. The van der Waals surface area contributed by atoms with Crippen molar-refractivity contribution in [3.05, 3.63) is 63.1 Å². The summed E-state index contributed by atoms with van der Waals surface area (Å²) < 4.78 is 0. The van der Waals surface area contributed by atoms with Crippen LogP contribution in [0.1, 0.15) is 27.0 Å². The van der Waals surface area contributed by atoms with Crippen LogP contribution in [0.3, 0.4) is 0 Å². The highest BCUT2D eigenvalue weighted by Crippen LogP contribution is 2.18. The first-order chi connectivity index (χ1) is 9.00. The Labute approximate surface area is 111 Å². The Kier molecular flexibility index (Phi) is 3.51. The molecule has 0 atom stereocenters. The van der Waals surface area contributed by atoms with Crippen molar-refractivity contribution in [2.24, 2.45) is 0 Å². The van der Waals surface area contributed by atoms with E-state index in [-0.39, 0.29) is 17.0 Å². The molecule has 0 aliphatic rings. The second kappa shape index (κ2) is 5.10. The number of aromatic nitrogens is 1. The monoisotopic (exact) mass is 256 g/mol. The number of H-pyrrole nitrogens is 1. The Morgan fingerprint density at radius 1 is 1.11 bits per heavy atom. The van der Waals surface area contributed by atoms with Crippen molar-refractivity contribution in [3.63, 3.8) is 0 Å². The Morgan fingerprint density at radius 3 is 2.53 bits per heavy atom. The van der Waals surface area contributed by atoms with Crippen molar-refractivity contribution in [2.75, 3.05) is 5.32 Å². The minimum absolute atomic E-state index is 0.156. The summed E-state index contributed by atoms with van der Waals surface area (Å²) in [6, 6.07) is 7.39. The zero-order valence-corrected chi connectivity index (χ0v) is 11.2. The average Bonchev–Trinajstić information content (AvgIpc) is 2.35. The number of carbonyl (C=O) groups excluding carboxylic acids is 1. The highest BCUT2D eigenvalue weighted by atomic mass is 16.2. The van der Waals surface area contributed by atoms with Gasteiger partial charge in [-0.05, 0) is 49.6 Å². The second-order valence-electron chi connectivity index (χ2n) is 4.57. The maximum absolute atomic E-state index is 12.2. The van der Waals surface area contributed by atoms with Gasteiger partial charge in [0.2, 0.25) is 0 Å². The molecule has 4 nitrogen and oxygen atoms in total. The van der Waals surface area contributed by atoms with Crippen LogP contribution < -0.4 is 10.9 Å². The molecule has 0 aliphatic heterocycles. The molecule has 2 rings (SSSR count). The van der Waals surface area contributed by atoms with Gasteiger partial charge in [-0.1, -0.05) is 12.1 Å². The fourth-order valence-corrected chi connectivity index (χ4v) is 1.93. The largest absolute Gasteiger partial charge is 0.328 e. The van der Waals surface area contributed by atoms with E-state index in [0.717, 1.165) is 16.8 Å². The lowest BCUT2D eigenvalue weighted by molar-refractivity contribution is 0.102. The van der Waals surface area contributed by atoms with Gasteiger partial charge < -0.3 is 10.3 Å². The van der Waals surface area contributed by atoms with E-state index >= 15 is 0 Å². The minimum atomic E-state index is -0.381. The van der Waals surface area contributed by atoms with Crippen LogP contribution in [-0.2, 0) is 0 Å². The van der Waals surface area contributed by atoms with Crippen LogP contribution in [0.15, 0.2) is 35.3 Å². The van der Waals surface area contributed by atoms with Crippen LogP contribution in [0.4, 0.5) is 5.69 Å². The smallest absolute Gasteiger partial charge is 0.261 e. The molecule has 2 aromatic rings. The first-order valence-corrected chi connectivity index (χ1v) is 6.06. The number of nitrogens with one attached hydrogen (secondary N) is 2. The van der Waals surface area contributed by atoms with Crippen molar-refractivity contribution in [2.45, 2.75) is 20.8 Å². The van der Waals surface area contributed by atoms with E-state index < -0.39 is 0 Å². The van der Waals surface area contributed by atoms with Gasteiger partial charge in [0.25, 0.3) is 11.5 Å². The van der Waals surface area contributed by atoms with E-state index in [9.17, 15) is 9.59 Å². The normalized spacial score (nSPS) is 10.3. The number of rotatable bonds is 2. The molecule has 0 fully saturated rings. The van der Waals surface area contributed by atoms with Gasteiger partial charge in [0.05, 0.1) is 0 Å². The zero-order chi connectivity index (χ0) is 14.0. The van der Waals surface area contributed by atoms with Crippen LogP contribution in [0, 0.1) is 20.8 Å². The van der Waals surface area contributed by atoms with E-state index in [0.29, 0.717) is 5.56 Å². The average molecular weight is 256 g/mol. The third-order valence-electron chi connectivity index (χ3n) is 3.25. The number of hydrogen-bond acceptors (Lipinski definition) is 2. The van der Waals surface area contributed by atoms with E-state index in [1.165, 1.54) is 6.20 Å². The van der Waals surface area contributed by atoms with Gasteiger partial charge >= 0.3 is 0 Å². The van der Waals surface area contributed by atoms with Crippen LogP contribution in [-0.4, -0.2) is 10.9 Å². The summed E-state index contributed by atoms with van der Waals surface area (Å²) in [5.41, 5.74) is 3.27. The van der Waals surface area contributed by atoms with Gasteiger partial charge in [0.15, 0.2) is 0 Å². The highest BCUT2D eigenvalue weighted by molar-refractivity contribution is 6.05. The molecule has 1 amide bonds. The molecular formula is C15H16N2O2. The van der Waals surface area contributed by atoms with E-state index in [2.05, 4.69) is 10.3 Å². The fourth-order valence-electron chi connectivity index (χ4n) is 1.93. The first kappa shape index (κ1) is 13.1. The van der Waals surface area contributed by atoms with Crippen molar-refractivity contribution in [3.8, 4) is 0 Å². The second-order valence-corrected chi connectivity index (χ2v) is 4.57. The summed E-state index contributed by atoms with van der Waals surface area (Å²) in [6.07, 6.45) is 1.53. The molecule has 0 radical (unpaired) electrons. The molecule has 1 aromatic carbocycles. The Hall–Kier alpha value is -2.36. The quantitative estimate of drug-likeness (QED) is 0.867. The van der Waals surface area contributed by atoms with Gasteiger partial charge in [-0.2, -0.15) is 0 Å². The molecule has 4 heteroatoms. The van der Waals surface area contributed by atoms with Gasteiger partial charge in [0, 0.05) is 11.9 Å². The van der Waals surface area contributed by atoms with Crippen LogP contribution in [0.2, 0.25) is 0 Å². The van der Waals surface area contributed by atoms with Crippen molar-refractivity contribution in [1.82, 2.24) is 4.98 Å². The zero-order valence-electron chi connectivity index (χ0n) is 11.2. The van der Waals surface area contributed by atoms with E-state index in [4.69, 9.17) is 0 Å². The van der Waals surface area contributed by atoms with E-state index in [1.807, 2.05) is 32.0 Å². The minimum Gasteiger partial charge on any atom is -0.328 e. The molecule has 1 aromatic heterocycles. The molecule has 0 saturated carbocycles. The Bertz CT molecular complexity index is 687. The van der Waals surface area contributed by atoms with Crippen LogP contribution in [0.5, 0.6) is 0 Å². The van der Waals surface area contributed by atoms with Crippen LogP contribution >= 0.6 is 0 Å². The lowest BCUT2D eigenvalue weighted by atomic mass is 10.1. The number of aryl methyl sites for hydroxylation is 2. The number of benzene rings is 1. The van der Waals surface area contributed by atoms with Crippen molar-refractivity contribution in [1.29, 1.82) is 0 Å². The molecule has 19 heavy (non-hydrogen) atoms. The Morgan fingerprint density at radius 2 is 1.84 bits per heavy atom. The third-order valence-corrected chi connectivity index (χ3v) is 3.25. The first-order valence-electron chi connectivity index (χ1n) is 6.06. The van der Waals surface area contributed by atoms with Crippen molar-refractivity contribution < 1.29 is 4.79 Å². The lowest BCUT2D eigenvalue weighted by Gasteiger charge is -2.10. The number of pyridine rings is 1. The summed E-state index contributed by atoms with van der Waals surface area (Å²) in [7, 11) is 0. The molecule has 0 aliphatic carbocycles. The lowest BCUT2D eigenvalue weighted by Crippen LogP contribution is -2.24. The summed E-state index contributed by atoms with van der Waals surface area (Å²) >= 11 is 0. The topological polar surface area (TPSA) is 62.0 Å². The summed E-state index contributed by atoms with van der Waals surface area (Å²) in [5.74, 6) is -0.381. The molecule has 1 heterocycles. The third kappa shape index (κ3) is 2.57. The molecule has 0 bridgehead atoms. The van der Waals surface area contributed by atoms with Gasteiger partial charge in [-0.3, -0.25) is 9.59 Å². The predicted octanol–water partition coefficient (Wildman–Crippen LogP) is 2.55. The highest BCUT2D eigenvalue weighted by Gasteiger charge is 2.14.